The first-order chi connectivity index (χ1) is 9.81. The molecule has 7 heteroatoms. The van der Waals surface area contributed by atoms with Crippen molar-refractivity contribution in [2.24, 2.45) is 0 Å². The van der Waals surface area contributed by atoms with Crippen molar-refractivity contribution in [2.75, 3.05) is 13.7 Å². The summed E-state index contributed by atoms with van der Waals surface area (Å²) in [4.78, 5) is 11.5. The fourth-order valence-electron chi connectivity index (χ4n) is 1.70. The van der Waals surface area contributed by atoms with Gasteiger partial charge in [0.15, 0.2) is 0 Å². The van der Waals surface area contributed by atoms with Crippen molar-refractivity contribution in [1.29, 1.82) is 0 Å². The zero-order valence-corrected chi connectivity index (χ0v) is 12.0. The number of halogens is 3. The van der Waals surface area contributed by atoms with Gasteiger partial charge in [-0.1, -0.05) is 24.3 Å². The summed E-state index contributed by atoms with van der Waals surface area (Å²) in [7, 11) is 1.60. The smallest absolute Gasteiger partial charge is 0.380 e. The summed E-state index contributed by atoms with van der Waals surface area (Å²) in [6, 6.07) is 6.84. The quantitative estimate of drug-likeness (QED) is 0.810. The topological polar surface area (TPSA) is 50.4 Å². The van der Waals surface area contributed by atoms with Gasteiger partial charge in [-0.3, -0.25) is 4.79 Å². The van der Waals surface area contributed by atoms with Gasteiger partial charge >= 0.3 is 6.18 Å². The van der Waals surface area contributed by atoms with Crippen LogP contribution in [0.25, 0.3) is 0 Å². The van der Waals surface area contributed by atoms with E-state index in [0.717, 1.165) is 11.1 Å². The van der Waals surface area contributed by atoms with Gasteiger partial charge in [0.25, 0.3) is 0 Å². The minimum Gasteiger partial charge on any atom is -0.380 e. The molecule has 1 amide bonds. The predicted molar refractivity (Wildman–Crippen MR) is 72.5 cm³/mol. The summed E-state index contributed by atoms with van der Waals surface area (Å²) < 4.78 is 41.0. The Morgan fingerprint density at radius 2 is 2.00 bits per heavy atom. The lowest BCUT2D eigenvalue weighted by Gasteiger charge is -2.15. The summed E-state index contributed by atoms with van der Waals surface area (Å²) in [6.45, 7) is 1.07. The van der Waals surface area contributed by atoms with Gasteiger partial charge in [-0.25, -0.2) is 0 Å². The van der Waals surface area contributed by atoms with E-state index in [1.165, 1.54) is 6.92 Å². The van der Waals surface area contributed by atoms with Crippen LogP contribution < -0.4 is 10.6 Å². The van der Waals surface area contributed by atoms with Gasteiger partial charge < -0.3 is 15.4 Å². The molecule has 0 radical (unpaired) electrons. The Balaban J connectivity index is 2.43. The van der Waals surface area contributed by atoms with Gasteiger partial charge in [0.1, 0.15) is 6.54 Å². The lowest BCUT2D eigenvalue weighted by atomic mass is 10.1. The Morgan fingerprint density at radius 3 is 2.62 bits per heavy atom. The van der Waals surface area contributed by atoms with Crippen LogP contribution in [0.1, 0.15) is 18.1 Å². The van der Waals surface area contributed by atoms with Gasteiger partial charge in [-0.15, -0.1) is 0 Å². The van der Waals surface area contributed by atoms with Crippen LogP contribution in [0.15, 0.2) is 24.3 Å². The Kier molecular flexibility index (Phi) is 6.64. The van der Waals surface area contributed by atoms with Crippen molar-refractivity contribution < 1.29 is 22.7 Å². The molecule has 118 valence electrons. The van der Waals surface area contributed by atoms with Crippen LogP contribution in [0.2, 0.25) is 0 Å². The third-order valence-corrected chi connectivity index (χ3v) is 2.77. The molecular formula is C14H19F3N2O2. The van der Waals surface area contributed by atoms with Crippen molar-refractivity contribution >= 4 is 5.91 Å². The van der Waals surface area contributed by atoms with Crippen molar-refractivity contribution in [3.05, 3.63) is 35.4 Å². The van der Waals surface area contributed by atoms with E-state index in [9.17, 15) is 18.0 Å². The SMILES string of the molecule is COCc1cccc(CNC(C)C(=O)NCC(F)(F)F)c1. The number of hydrogen-bond acceptors (Lipinski definition) is 3. The molecule has 0 saturated carbocycles. The zero-order chi connectivity index (χ0) is 15.9. The number of amides is 1. The molecule has 0 aromatic heterocycles. The monoisotopic (exact) mass is 304 g/mol. The number of benzene rings is 1. The average molecular weight is 304 g/mol. The number of carbonyl (C=O) groups is 1. The highest BCUT2D eigenvalue weighted by Crippen LogP contribution is 2.12. The van der Waals surface area contributed by atoms with Gasteiger partial charge in [0.05, 0.1) is 12.6 Å². The second-order valence-corrected chi connectivity index (χ2v) is 4.69. The Morgan fingerprint density at radius 1 is 1.33 bits per heavy atom. The molecule has 0 aliphatic carbocycles. The summed E-state index contributed by atoms with van der Waals surface area (Å²) in [5.74, 6) is -0.680. The lowest BCUT2D eigenvalue weighted by molar-refractivity contribution is -0.139. The van der Waals surface area contributed by atoms with Crippen LogP contribution in [0, 0.1) is 0 Å². The molecular weight excluding hydrogens is 285 g/mol. The van der Waals surface area contributed by atoms with Gasteiger partial charge in [-0.05, 0) is 18.1 Å². The molecule has 0 heterocycles. The fourth-order valence-corrected chi connectivity index (χ4v) is 1.70. The summed E-state index contributed by atoms with van der Waals surface area (Å²) in [5, 5.41) is 4.73. The maximum atomic E-state index is 12.0. The van der Waals surface area contributed by atoms with E-state index in [2.05, 4.69) is 5.32 Å². The highest BCUT2D eigenvalue weighted by molar-refractivity contribution is 5.81. The zero-order valence-electron chi connectivity index (χ0n) is 12.0. The number of carbonyl (C=O) groups excluding carboxylic acids is 1. The first-order valence-electron chi connectivity index (χ1n) is 6.46. The van der Waals surface area contributed by atoms with Gasteiger partial charge in [0.2, 0.25) is 5.91 Å². The third kappa shape index (κ3) is 7.10. The molecule has 0 saturated heterocycles. The Hall–Kier alpha value is -1.60. The second-order valence-electron chi connectivity index (χ2n) is 4.69. The van der Waals surface area contributed by atoms with Gasteiger partial charge in [0, 0.05) is 13.7 Å². The van der Waals surface area contributed by atoms with Gasteiger partial charge in [-0.2, -0.15) is 13.2 Å². The van der Waals surface area contributed by atoms with Crippen LogP contribution in [0.3, 0.4) is 0 Å². The number of rotatable bonds is 7. The fraction of sp³-hybridized carbons (Fsp3) is 0.500. The molecule has 0 aliphatic rings. The van der Waals surface area contributed by atoms with E-state index in [4.69, 9.17) is 4.74 Å². The molecule has 1 rings (SSSR count). The van der Waals surface area contributed by atoms with E-state index in [0.29, 0.717) is 13.2 Å². The normalized spacial score (nSPS) is 13.0. The maximum Gasteiger partial charge on any atom is 0.405 e. The third-order valence-electron chi connectivity index (χ3n) is 2.77. The first kappa shape index (κ1) is 17.5. The van der Waals surface area contributed by atoms with Crippen molar-refractivity contribution in [3.8, 4) is 0 Å². The maximum absolute atomic E-state index is 12.0. The molecule has 0 bridgehead atoms. The molecule has 2 N–H and O–H groups in total. The molecule has 0 aliphatic heterocycles. The second kappa shape index (κ2) is 7.99. The number of methoxy groups -OCH3 is 1. The first-order valence-corrected chi connectivity index (χ1v) is 6.46. The summed E-state index contributed by atoms with van der Waals surface area (Å²) in [5.41, 5.74) is 1.92. The lowest BCUT2D eigenvalue weighted by Crippen LogP contribution is -2.44. The Bertz CT molecular complexity index is 464. The molecule has 0 fully saturated rings. The largest absolute Gasteiger partial charge is 0.405 e. The molecule has 21 heavy (non-hydrogen) atoms. The standard InChI is InChI=1S/C14H19F3N2O2/c1-10(13(20)19-9-14(15,16)17)18-7-11-4-3-5-12(6-11)8-21-2/h3-6,10,18H,7-9H2,1-2H3,(H,19,20). The van der Waals surface area contributed by atoms with Crippen molar-refractivity contribution in [2.45, 2.75) is 32.3 Å². The highest BCUT2D eigenvalue weighted by atomic mass is 19.4. The van der Waals surface area contributed by atoms with E-state index < -0.39 is 24.7 Å². The van der Waals surface area contributed by atoms with E-state index in [1.807, 2.05) is 29.6 Å². The minimum atomic E-state index is -4.40. The molecule has 1 aromatic rings. The molecule has 1 aromatic carbocycles. The highest BCUT2D eigenvalue weighted by Gasteiger charge is 2.28. The number of hydrogen-bond donors (Lipinski definition) is 2. The summed E-state index contributed by atoms with van der Waals surface area (Å²) >= 11 is 0. The van der Waals surface area contributed by atoms with E-state index >= 15 is 0 Å². The number of alkyl halides is 3. The molecule has 0 spiro atoms. The van der Waals surface area contributed by atoms with Crippen LogP contribution in [-0.2, 0) is 22.7 Å². The van der Waals surface area contributed by atoms with Crippen molar-refractivity contribution in [1.82, 2.24) is 10.6 Å². The average Bonchev–Trinajstić information content (AvgIpc) is 2.42. The van der Waals surface area contributed by atoms with E-state index in [-0.39, 0.29) is 0 Å². The van der Waals surface area contributed by atoms with Crippen LogP contribution in [-0.4, -0.2) is 31.8 Å². The molecule has 1 unspecified atom stereocenters. The Labute approximate surface area is 121 Å². The minimum absolute atomic E-state index is 0.387. The predicted octanol–water partition coefficient (Wildman–Crippen LogP) is 1.99. The van der Waals surface area contributed by atoms with E-state index in [1.54, 1.807) is 7.11 Å². The van der Waals surface area contributed by atoms with Crippen LogP contribution >= 0.6 is 0 Å². The number of nitrogens with one attached hydrogen (secondary N) is 2. The molecule has 4 nitrogen and oxygen atoms in total. The van der Waals surface area contributed by atoms with Crippen molar-refractivity contribution in [3.63, 3.8) is 0 Å². The van der Waals surface area contributed by atoms with Crippen LogP contribution in [0.4, 0.5) is 13.2 Å². The number of ether oxygens (including phenoxy) is 1. The molecule has 1 atom stereocenters. The van der Waals surface area contributed by atoms with Crippen LogP contribution in [0.5, 0.6) is 0 Å². The summed E-state index contributed by atoms with van der Waals surface area (Å²) in [6.07, 6.45) is -4.40.